The van der Waals surface area contributed by atoms with Gasteiger partial charge in [0.1, 0.15) is 11.3 Å². The number of carboxylic acid groups (broad SMARTS) is 1. The minimum atomic E-state index is -5.08. The molecule has 5 rings (SSSR count). The summed E-state index contributed by atoms with van der Waals surface area (Å²) in [4.78, 5) is 30.3. The van der Waals surface area contributed by atoms with E-state index in [9.17, 15) is 22.4 Å². The summed E-state index contributed by atoms with van der Waals surface area (Å²) >= 11 is 0. The topological polar surface area (TPSA) is 116 Å². The van der Waals surface area contributed by atoms with Gasteiger partial charge in [0.15, 0.2) is 5.82 Å². The lowest BCUT2D eigenvalue weighted by molar-refractivity contribution is -0.192. The molecule has 14 heteroatoms. The van der Waals surface area contributed by atoms with E-state index in [2.05, 4.69) is 25.6 Å². The van der Waals surface area contributed by atoms with E-state index < -0.39 is 18.0 Å². The van der Waals surface area contributed by atoms with E-state index in [-0.39, 0.29) is 6.03 Å². The molecule has 1 aromatic carbocycles. The van der Waals surface area contributed by atoms with Crippen molar-refractivity contribution in [3.8, 4) is 0 Å². The van der Waals surface area contributed by atoms with Gasteiger partial charge < -0.3 is 20.6 Å². The van der Waals surface area contributed by atoms with Crippen molar-refractivity contribution in [2.45, 2.75) is 25.1 Å². The van der Waals surface area contributed by atoms with Gasteiger partial charge in [-0.2, -0.15) is 18.3 Å². The van der Waals surface area contributed by atoms with Gasteiger partial charge in [-0.15, -0.1) is 0 Å². The van der Waals surface area contributed by atoms with Crippen LogP contribution >= 0.6 is 0 Å². The Labute approximate surface area is 208 Å². The van der Waals surface area contributed by atoms with E-state index >= 15 is 0 Å². The quantitative estimate of drug-likeness (QED) is 0.452. The van der Waals surface area contributed by atoms with Gasteiger partial charge in [0.2, 0.25) is 0 Å². The molecule has 1 fully saturated rings. The van der Waals surface area contributed by atoms with Gasteiger partial charge in [-0.25, -0.2) is 19.0 Å². The number of nitrogens with one attached hydrogen (secondary N) is 2. The van der Waals surface area contributed by atoms with Crippen molar-refractivity contribution in [3.05, 3.63) is 42.0 Å². The second-order valence-electron chi connectivity index (χ2n) is 8.69. The molecule has 2 amide bonds. The molecule has 4 heterocycles. The summed E-state index contributed by atoms with van der Waals surface area (Å²) in [6, 6.07) is 5.23. The largest absolute Gasteiger partial charge is 0.490 e. The molecule has 0 spiro atoms. The van der Waals surface area contributed by atoms with Gasteiger partial charge in [-0.3, -0.25) is 9.58 Å². The molecule has 37 heavy (non-hydrogen) atoms. The normalized spacial score (nSPS) is 17.0. The van der Waals surface area contributed by atoms with E-state index in [0.29, 0.717) is 35.0 Å². The monoisotopic (exact) mass is 523 g/mol. The highest BCUT2D eigenvalue weighted by Gasteiger charge is 2.38. The molecule has 2 aromatic heterocycles. The van der Waals surface area contributed by atoms with Crippen LogP contribution in [0.5, 0.6) is 0 Å². The molecule has 0 radical (unpaired) electrons. The van der Waals surface area contributed by atoms with Crippen molar-refractivity contribution in [2.24, 2.45) is 7.05 Å². The van der Waals surface area contributed by atoms with E-state index in [4.69, 9.17) is 9.90 Å². The summed E-state index contributed by atoms with van der Waals surface area (Å²) in [5.74, 6) is -2.54. The molecule has 198 valence electrons. The van der Waals surface area contributed by atoms with E-state index in [0.717, 1.165) is 37.2 Å². The predicted octanol–water partition coefficient (Wildman–Crippen LogP) is 3.13. The molecule has 0 bridgehead atoms. The first-order valence-corrected chi connectivity index (χ1v) is 11.4. The number of amides is 2. The number of urea groups is 1. The summed E-state index contributed by atoms with van der Waals surface area (Å²) < 4.78 is 47.6. The molecule has 3 N–H and O–H groups in total. The molecule has 2 aliphatic rings. The number of hydrogen-bond acceptors (Lipinski definition) is 6. The standard InChI is InChI=1S/C21H24FN7O.C2HF3O2/c1-23-14-4-7-28(12-14)18-3-6-24-20-16(18)5-8-29(20)21(30)25-15-9-13-11-27(2)26-19(13)17(22)10-15;3-2(4,5)1(6)7/h3,6,9-11,14,23H,4-5,7-8,12H2,1-2H3,(H,25,30);(H,6,7)/t14-;/m1./s1. The average molecular weight is 523 g/mol. The molecule has 2 aliphatic heterocycles. The van der Waals surface area contributed by atoms with Gasteiger partial charge >= 0.3 is 18.2 Å². The average Bonchev–Trinajstić information content (AvgIpc) is 3.56. The first kappa shape index (κ1) is 26.1. The minimum Gasteiger partial charge on any atom is -0.475 e. The highest BCUT2D eigenvalue weighted by molar-refractivity contribution is 6.04. The van der Waals surface area contributed by atoms with Crippen LogP contribution in [0.3, 0.4) is 0 Å². The van der Waals surface area contributed by atoms with E-state index in [1.807, 2.05) is 13.1 Å². The fourth-order valence-electron chi connectivity index (χ4n) is 4.46. The molecule has 1 atom stereocenters. The van der Waals surface area contributed by atoms with Gasteiger partial charge in [0.25, 0.3) is 0 Å². The van der Waals surface area contributed by atoms with Crippen molar-refractivity contribution in [1.82, 2.24) is 20.1 Å². The lowest BCUT2D eigenvalue weighted by Gasteiger charge is -2.22. The number of aromatic nitrogens is 3. The van der Waals surface area contributed by atoms with Gasteiger partial charge in [0.05, 0.1) is 0 Å². The SMILES string of the molecule is CN[C@@H]1CCN(c2ccnc3c2CCN3C(=O)Nc2cc(F)c3nn(C)cc3c2)C1.O=C(O)C(F)(F)F. The number of fused-ring (bicyclic) bond motifs is 2. The Morgan fingerprint density at radius 1 is 1.22 bits per heavy atom. The summed E-state index contributed by atoms with van der Waals surface area (Å²) in [7, 11) is 3.73. The Hall–Kier alpha value is -3.94. The highest BCUT2D eigenvalue weighted by Crippen LogP contribution is 2.35. The number of pyridine rings is 1. The zero-order chi connectivity index (χ0) is 26.9. The number of rotatable bonds is 3. The third kappa shape index (κ3) is 5.58. The van der Waals surface area contributed by atoms with Crippen molar-refractivity contribution < 1.29 is 32.3 Å². The zero-order valence-electron chi connectivity index (χ0n) is 20.0. The molecule has 0 unspecified atom stereocenters. The van der Waals surface area contributed by atoms with E-state index in [1.165, 1.54) is 6.07 Å². The number of carbonyl (C=O) groups is 2. The zero-order valence-corrected chi connectivity index (χ0v) is 20.0. The van der Waals surface area contributed by atoms with Crippen LogP contribution in [0, 0.1) is 5.82 Å². The molecule has 0 aliphatic carbocycles. The number of aryl methyl sites for hydroxylation is 1. The number of benzene rings is 1. The Morgan fingerprint density at radius 3 is 2.59 bits per heavy atom. The van der Waals surface area contributed by atoms with Crippen LogP contribution in [-0.4, -0.2) is 70.8 Å². The smallest absolute Gasteiger partial charge is 0.475 e. The second kappa shape index (κ2) is 10.2. The fraction of sp³-hybridized carbons (Fsp3) is 0.391. The maximum Gasteiger partial charge on any atom is 0.490 e. The Balaban J connectivity index is 0.000000405. The predicted molar refractivity (Wildman–Crippen MR) is 128 cm³/mol. The lowest BCUT2D eigenvalue weighted by Crippen LogP contribution is -2.34. The Morgan fingerprint density at radius 2 is 1.95 bits per heavy atom. The number of hydrogen-bond donors (Lipinski definition) is 3. The summed E-state index contributed by atoms with van der Waals surface area (Å²) in [6.45, 7) is 2.48. The molecule has 0 saturated carbocycles. The number of nitrogens with zero attached hydrogens (tertiary/aromatic N) is 5. The third-order valence-corrected chi connectivity index (χ3v) is 6.20. The van der Waals surface area contributed by atoms with Crippen molar-refractivity contribution in [2.75, 3.05) is 41.8 Å². The first-order valence-electron chi connectivity index (χ1n) is 11.4. The summed E-state index contributed by atoms with van der Waals surface area (Å²) in [5, 5.41) is 18.0. The fourth-order valence-corrected chi connectivity index (χ4v) is 4.46. The summed E-state index contributed by atoms with van der Waals surface area (Å²) in [5.41, 5.74) is 2.94. The van der Waals surface area contributed by atoms with Crippen LogP contribution < -0.4 is 20.4 Å². The number of anilines is 3. The Kier molecular flexibility index (Phi) is 7.21. The maximum absolute atomic E-state index is 14.3. The van der Waals surface area contributed by atoms with E-state index in [1.54, 1.807) is 35.1 Å². The number of alkyl halides is 3. The first-order chi connectivity index (χ1) is 17.5. The highest BCUT2D eigenvalue weighted by atomic mass is 19.4. The van der Waals surface area contributed by atoms with Crippen LogP contribution in [0.4, 0.5) is 39.5 Å². The van der Waals surface area contributed by atoms with Gasteiger partial charge in [-0.1, -0.05) is 0 Å². The second-order valence-corrected chi connectivity index (χ2v) is 8.69. The maximum atomic E-state index is 14.3. The number of likely N-dealkylation sites (N-methyl/N-ethyl adjacent to an activating group) is 1. The van der Waals surface area contributed by atoms with Crippen LogP contribution in [0.2, 0.25) is 0 Å². The Bertz CT molecular complexity index is 1330. The number of carboxylic acids is 1. The molecular formula is C23H25F4N7O3. The molecule has 1 saturated heterocycles. The molecule has 3 aromatic rings. The van der Waals surface area contributed by atoms with Crippen LogP contribution in [0.1, 0.15) is 12.0 Å². The number of carbonyl (C=O) groups excluding carboxylic acids is 1. The lowest BCUT2D eigenvalue weighted by atomic mass is 10.2. The van der Waals surface area contributed by atoms with Gasteiger partial charge in [-0.05, 0) is 38.1 Å². The van der Waals surface area contributed by atoms with Gasteiger partial charge in [0, 0.05) is 67.4 Å². The summed E-state index contributed by atoms with van der Waals surface area (Å²) in [6.07, 6.45) is 0.248. The number of halogens is 4. The van der Waals surface area contributed by atoms with Crippen molar-refractivity contribution in [3.63, 3.8) is 0 Å². The number of aliphatic carboxylic acids is 1. The molecular weight excluding hydrogens is 498 g/mol. The third-order valence-electron chi connectivity index (χ3n) is 6.20. The minimum absolute atomic E-state index is 0.291. The van der Waals surface area contributed by atoms with Crippen molar-refractivity contribution >= 4 is 40.1 Å². The van der Waals surface area contributed by atoms with Crippen molar-refractivity contribution in [1.29, 1.82) is 0 Å². The molecule has 10 nitrogen and oxygen atoms in total. The van der Waals surface area contributed by atoms with Crippen LogP contribution in [0.15, 0.2) is 30.6 Å². The van der Waals surface area contributed by atoms with Crippen LogP contribution in [-0.2, 0) is 18.3 Å². The van der Waals surface area contributed by atoms with Crippen LogP contribution in [0.25, 0.3) is 10.9 Å².